The third kappa shape index (κ3) is 3.32. The molecule has 0 aliphatic carbocycles. The summed E-state index contributed by atoms with van der Waals surface area (Å²) in [5.41, 5.74) is 0.798. The van der Waals surface area contributed by atoms with Crippen molar-refractivity contribution in [3.63, 3.8) is 0 Å². The fraction of sp³-hybridized carbons (Fsp3) is 0.0500. The van der Waals surface area contributed by atoms with Gasteiger partial charge in [-0.25, -0.2) is 4.76 Å². The number of rotatable bonds is 5. The lowest BCUT2D eigenvalue weighted by Crippen LogP contribution is -2.14. The molecule has 0 fully saturated rings. The first-order chi connectivity index (χ1) is 11.7. The van der Waals surface area contributed by atoms with Crippen LogP contribution in [0.15, 0.2) is 89.7 Å². The third-order valence-corrected chi connectivity index (χ3v) is 6.15. The maximum atomic E-state index is 13.8. The number of nitrogens with zero attached hydrogens (tertiary/aromatic N) is 1. The van der Waals surface area contributed by atoms with Gasteiger partial charge in [0.25, 0.3) is 0 Å². The standard InChI is InChI=1S/C20H18NO2P/c1-23-20-15-9-8-10-17(20)16-21-24(22,18-11-4-2-5-12-18)19-13-6-3-7-14-19/h2-16H,1H3/b21-16+. The van der Waals surface area contributed by atoms with E-state index >= 15 is 0 Å². The molecule has 120 valence electrons. The van der Waals surface area contributed by atoms with E-state index in [1.807, 2.05) is 84.9 Å². The molecule has 3 aromatic carbocycles. The molecule has 0 heterocycles. The van der Waals surface area contributed by atoms with Crippen LogP contribution in [0.2, 0.25) is 0 Å². The van der Waals surface area contributed by atoms with Crippen LogP contribution >= 0.6 is 7.29 Å². The Kier molecular flexibility index (Phi) is 4.93. The van der Waals surface area contributed by atoms with Crippen molar-refractivity contribution in [1.82, 2.24) is 0 Å². The summed E-state index contributed by atoms with van der Waals surface area (Å²) in [5, 5.41) is 1.42. The summed E-state index contributed by atoms with van der Waals surface area (Å²) in [6, 6.07) is 26.3. The Morgan fingerprint density at radius 1 is 0.792 bits per heavy atom. The lowest BCUT2D eigenvalue weighted by Gasteiger charge is -2.14. The smallest absolute Gasteiger partial charge is 0.247 e. The highest BCUT2D eigenvalue weighted by Crippen LogP contribution is 2.44. The number of hydrogen-bond acceptors (Lipinski definition) is 2. The number of ether oxygens (including phenoxy) is 1. The Morgan fingerprint density at radius 3 is 1.83 bits per heavy atom. The molecule has 4 heteroatoms. The molecule has 3 rings (SSSR count). The van der Waals surface area contributed by atoms with Crippen LogP contribution in [0.4, 0.5) is 0 Å². The van der Waals surface area contributed by atoms with Gasteiger partial charge in [0.2, 0.25) is 7.29 Å². The molecule has 24 heavy (non-hydrogen) atoms. The SMILES string of the molecule is COc1ccccc1/C=N/P(=O)(c1ccccc1)c1ccccc1. The monoisotopic (exact) mass is 335 g/mol. The van der Waals surface area contributed by atoms with E-state index in [4.69, 9.17) is 4.74 Å². The Morgan fingerprint density at radius 2 is 1.29 bits per heavy atom. The second-order valence-corrected chi connectivity index (χ2v) is 7.65. The normalized spacial score (nSPS) is 11.5. The summed E-state index contributed by atoms with van der Waals surface area (Å²) >= 11 is 0. The molecule has 0 unspecified atom stereocenters. The van der Waals surface area contributed by atoms with Crippen molar-refractivity contribution < 1.29 is 9.30 Å². The van der Waals surface area contributed by atoms with E-state index in [0.29, 0.717) is 16.4 Å². The summed E-state index contributed by atoms with van der Waals surface area (Å²) in [4.78, 5) is 0. The van der Waals surface area contributed by atoms with E-state index in [0.717, 1.165) is 5.56 Å². The van der Waals surface area contributed by atoms with Gasteiger partial charge in [-0.1, -0.05) is 48.5 Å². The first kappa shape index (κ1) is 16.2. The van der Waals surface area contributed by atoms with Crippen molar-refractivity contribution in [2.45, 2.75) is 0 Å². The van der Waals surface area contributed by atoms with E-state index in [1.54, 1.807) is 13.3 Å². The summed E-state index contributed by atoms with van der Waals surface area (Å²) in [6.07, 6.45) is 1.64. The minimum Gasteiger partial charge on any atom is -0.496 e. The van der Waals surface area contributed by atoms with Gasteiger partial charge in [-0.05, 0) is 36.4 Å². The second-order valence-electron chi connectivity index (χ2n) is 5.23. The molecule has 0 aliphatic heterocycles. The average Bonchev–Trinajstić information content (AvgIpc) is 2.67. The molecular formula is C20H18NO2P. The van der Waals surface area contributed by atoms with Gasteiger partial charge in [-0.15, -0.1) is 0 Å². The highest BCUT2D eigenvalue weighted by Gasteiger charge is 2.25. The number of methoxy groups -OCH3 is 1. The largest absolute Gasteiger partial charge is 0.496 e. The third-order valence-electron chi connectivity index (χ3n) is 3.71. The molecule has 0 saturated carbocycles. The van der Waals surface area contributed by atoms with Crippen molar-refractivity contribution in [3.8, 4) is 5.75 Å². The van der Waals surface area contributed by atoms with E-state index < -0.39 is 7.29 Å². The second kappa shape index (κ2) is 7.29. The van der Waals surface area contributed by atoms with Gasteiger partial charge in [0.05, 0.1) is 7.11 Å². The Bertz CT molecular complexity index is 833. The molecule has 0 aromatic heterocycles. The molecule has 0 bridgehead atoms. The Balaban J connectivity index is 2.10. The molecule has 0 radical (unpaired) electrons. The van der Waals surface area contributed by atoms with Gasteiger partial charge >= 0.3 is 0 Å². The van der Waals surface area contributed by atoms with E-state index in [2.05, 4.69) is 4.76 Å². The van der Waals surface area contributed by atoms with Crippen LogP contribution in [0.5, 0.6) is 5.75 Å². The zero-order valence-electron chi connectivity index (χ0n) is 13.4. The summed E-state index contributed by atoms with van der Waals surface area (Å²) in [5.74, 6) is 0.703. The van der Waals surface area contributed by atoms with Gasteiger partial charge in [-0.3, -0.25) is 4.57 Å². The predicted octanol–water partition coefficient (Wildman–Crippen LogP) is 4.04. The first-order valence-electron chi connectivity index (χ1n) is 7.64. The van der Waals surface area contributed by atoms with Crippen LogP contribution in [0, 0.1) is 0 Å². The van der Waals surface area contributed by atoms with Crippen molar-refractivity contribution in [3.05, 3.63) is 90.5 Å². The Labute approximate surface area is 142 Å². The summed E-state index contributed by atoms with van der Waals surface area (Å²) in [6.45, 7) is 0. The van der Waals surface area contributed by atoms with Crippen LogP contribution in [0.25, 0.3) is 0 Å². The van der Waals surface area contributed by atoms with Gasteiger partial charge < -0.3 is 4.74 Å². The summed E-state index contributed by atoms with van der Waals surface area (Å²) in [7, 11) is -1.49. The molecule has 0 saturated heterocycles. The molecule has 0 spiro atoms. The minimum atomic E-state index is -3.11. The number of benzene rings is 3. The lowest BCUT2D eigenvalue weighted by atomic mass is 10.2. The highest BCUT2D eigenvalue weighted by molar-refractivity contribution is 7.77. The van der Waals surface area contributed by atoms with Gasteiger partial charge in [-0.2, -0.15) is 0 Å². The van der Waals surface area contributed by atoms with Crippen LogP contribution < -0.4 is 15.3 Å². The van der Waals surface area contributed by atoms with Crippen molar-refractivity contribution >= 4 is 24.1 Å². The predicted molar refractivity (Wildman–Crippen MR) is 100 cm³/mol. The fourth-order valence-electron chi connectivity index (χ4n) is 2.46. The van der Waals surface area contributed by atoms with Crippen LogP contribution in [-0.2, 0) is 4.57 Å². The summed E-state index contributed by atoms with van der Waals surface area (Å²) < 4.78 is 23.6. The number of hydrogen-bond donors (Lipinski definition) is 0. The highest BCUT2D eigenvalue weighted by atomic mass is 31.2. The van der Waals surface area contributed by atoms with Crippen LogP contribution in [-0.4, -0.2) is 13.3 Å². The van der Waals surface area contributed by atoms with Gasteiger partial charge in [0.1, 0.15) is 5.75 Å². The molecule has 0 N–H and O–H groups in total. The average molecular weight is 335 g/mol. The molecule has 0 amide bonds. The molecule has 3 aromatic rings. The van der Waals surface area contributed by atoms with E-state index in [1.165, 1.54) is 0 Å². The topological polar surface area (TPSA) is 38.7 Å². The zero-order chi connectivity index (χ0) is 16.8. The van der Waals surface area contributed by atoms with E-state index in [-0.39, 0.29) is 0 Å². The van der Waals surface area contributed by atoms with Crippen molar-refractivity contribution in [2.24, 2.45) is 4.76 Å². The first-order valence-corrected chi connectivity index (χ1v) is 9.30. The molecule has 0 atom stereocenters. The minimum absolute atomic E-state index is 0.703. The van der Waals surface area contributed by atoms with Crippen LogP contribution in [0.1, 0.15) is 5.56 Å². The van der Waals surface area contributed by atoms with Gasteiger partial charge in [0, 0.05) is 22.4 Å². The van der Waals surface area contributed by atoms with Gasteiger partial charge in [0.15, 0.2) is 0 Å². The maximum Gasteiger partial charge on any atom is 0.247 e. The van der Waals surface area contributed by atoms with Crippen molar-refractivity contribution in [2.75, 3.05) is 7.11 Å². The van der Waals surface area contributed by atoms with E-state index in [9.17, 15) is 4.57 Å². The fourth-order valence-corrected chi connectivity index (χ4v) is 4.46. The van der Waals surface area contributed by atoms with Crippen LogP contribution in [0.3, 0.4) is 0 Å². The number of para-hydroxylation sites is 1. The Hall–Kier alpha value is -2.64. The molecule has 0 aliphatic rings. The lowest BCUT2D eigenvalue weighted by molar-refractivity contribution is 0.414. The maximum absolute atomic E-state index is 13.8. The van der Waals surface area contributed by atoms with Crippen molar-refractivity contribution in [1.29, 1.82) is 0 Å². The molecule has 3 nitrogen and oxygen atoms in total. The zero-order valence-corrected chi connectivity index (χ0v) is 14.3. The quantitative estimate of drug-likeness (QED) is 0.521. The molecular weight excluding hydrogens is 317 g/mol.